The molecule has 0 saturated carbocycles. The lowest BCUT2D eigenvalue weighted by Gasteiger charge is -2.22. The summed E-state index contributed by atoms with van der Waals surface area (Å²) in [6.07, 6.45) is -0.0262. The van der Waals surface area contributed by atoms with Crippen molar-refractivity contribution >= 4 is 11.6 Å². The third-order valence-electron chi connectivity index (χ3n) is 5.95. The predicted molar refractivity (Wildman–Crippen MR) is 131 cm³/mol. The molecule has 1 aliphatic rings. The van der Waals surface area contributed by atoms with Crippen molar-refractivity contribution in [1.29, 1.82) is 0 Å². The Labute approximate surface area is 204 Å². The summed E-state index contributed by atoms with van der Waals surface area (Å²) < 4.78 is 19.0. The second-order valence-corrected chi connectivity index (χ2v) is 8.39. The van der Waals surface area contributed by atoms with Gasteiger partial charge in [-0.15, -0.1) is 0 Å². The summed E-state index contributed by atoms with van der Waals surface area (Å²) >= 11 is 0. The van der Waals surface area contributed by atoms with Crippen LogP contribution >= 0.6 is 0 Å². The van der Waals surface area contributed by atoms with Gasteiger partial charge in [0.05, 0.1) is 18.4 Å². The van der Waals surface area contributed by atoms with E-state index in [1.807, 2.05) is 61.5 Å². The van der Waals surface area contributed by atoms with Gasteiger partial charge in [0.15, 0.2) is 6.10 Å². The van der Waals surface area contributed by atoms with Crippen LogP contribution in [-0.4, -0.2) is 36.0 Å². The number of nitrogens with zero attached hydrogens (tertiary/aromatic N) is 1. The van der Waals surface area contributed by atoms with Gasteiger partial charge in [0, 0.05) is 19.4 Å². The minimum Gasteiger partial charge on any atom is -0.394 e. The van der Waals surface area contributed by atoms with E-state index < -0.39 is 12.1 Å². The van der Waals surface area contributed by atoms with Crippen molar-refractivity contribution < 1.29 is 23.9 Å². The molecule has 182 valence electrons. The average Bonchev–Trinajstić information content (AvgIpc) is 3.38. The maximum atomic E-state index is 13.2. The first-order chi connectivity index (χ1) is 17.1. The summed E-state index contributed by atoms with van der Waals surface area (Å²) in [5.74, 6) is -0.569. The van der Waals surface area contributed by atoms with E-state index in [2.05, 4.69) is 10.5 Å². The summed E-state index contributed by atoms with van der Waals surface area (Å²) in [6, 6.07) is 22.9. The number of oxime groups is 1. The second kappa shape index (κ2) is 11.7. The van der Waals surface area contributed by atoms with Crippen molar-refractivity contribution in [1.82, 2.24) is 5.32 Å². The van der Waals surface area contributed by atoms with Crippen LogP contribution in [0.4, 0.5) is 4.39 Å². The van der Waals surface area contributed by atoms with Crippen LogP contribution in [0.5, 0.6) is 0 Å². The van der Waals surface area contributed by atoms with Crippen LogP contribution < -0.4 is 5.32 Å². The van der Waals surface area contributed by atoms with Gasteiger partial charge < -0.3 is 20.0 Å². The van der Waals surface area contributed by atoms with Crippen LogP contribution in [-0.2, 0) is 20.8 Å². The Balaban J connectivity index is 1.43. The number of nitrogens with one attached hydrogen (secondary N) is 1. The molecule has 0 aromatic heterocycles. The highest BCUT2D eigenvalue weighted by Gasteiger charge is 2.26. The Kier molecular flexibility index (Phi) is 8.23. The van der Waals surface area contributed by atoms with E-state index in [9.17, 15) is 14.3 Å². The zero-order chi connectivity index (χ0) is 24.6. The molecule has 1 amide bonds. The number of ether oxygens (including phenoxy) is 1. The zero-order valence-corrected chi connectivity index (χ0v) is 19.6. The molecule has 1 heterocycles. The summed E-state index contributed by atoms with van der Waals surface area (Å²) in [5, 5.41) is 17.0. The van der Waals surface area contributed by atoms with E-state index in [0.29, 0.717) is 19.4 Å². The number of carbonyl (C=O) groups is 1. The van der Waals surface area contributed by atoms with Crippen LogP contribution in [0, 0.1) is 5.82 Å². The van der Waals surface area contributed by atoms with Gasteiger partial charge in [0.25, 0.3) is 0 Å². The minimum absolute atomic E-state index is 0.209. The van der Waals surface area contributed by atoms with Gasteiger partial charge in [-0.25, -0.2) is 4.39 Å². The number of hydrogen-bond donors (Lipinski definition) is 2. The Hall–Kier alpha value is -3.55. The molecule has 1 unspecified atom stereocenters. The fraction of sp³-hybridized carbons (Fsp3) is 0.286. The van der Waals surface area contributed by atoms with Crippen molar-refractivity contribution in [3.05, 3.63) is 107 Å². The van der Waals surface area contributed by atoms with Gasteiger partial charge in [0.1, 0.15) is 11.9 Å². The number of halogens is 1. The van der Waals surface area contributed by atoms with Crippen LogP contribution in [0.1, 0.15) is 47.7 Å². The monoisotopic (exact) mass is 476 g/mol. The standard InChI is InChI=1S/C28H29FN2O4/c1-2-34-27(28(33)30-25(18-32)20-8-4-3-5-9-20)16-19-7-6-10-22(15-19)24-17-26(35-31-24)21-11-13-23(29)14-12-21/h3-15,25-27,32H,2,16-18H2,1H3,(H,30,33)/t25-,26?,27+/m0/s1. The highest BCUT2D eigenvalue weighted by molar-refractivity contribution is 6.01. The molecule has 35 heavy (non-hydrogen) atoms. The Morgan fingerprint density at radius 3 is 2.63 bits per heavy atom. The molecule has 0 spiro atoms. The molecular formula is C28H29FN2O4. The number of hydrogen-bond acceptors (Lipinski definition) is 5. The first-order valence-corrected chi connectivity index (χ1v) is 11.7. The molecule has 2 N–H and O–H groups in total. The van der Waals surface area contributed by atoms with Crippen molar-refractivity contribution in [3.63, 3.8) is 0 Å². The molecule has 3 aromatic rings. The molecule has 0 aliphatic carbocycles. The predicted octanol–water partition coefficient (Wildman–Crippen LogP) is 4.49. The van der Waals surface area contributed by atoms with Gasteiger partial charge in [-0.1, -0.05) is 65.8 Å². The van der Waals surface area contributed by atoms with Crippen molar-refractivity contribution in [3.8, 4) is 0 Å². The van der Waals surface area contributed by atoms with Crippen molar-refractivity contribution in [2.75, 3.05) is 13.2 Å². The van der Waals surface area contributed by atoms with Crippen LogP contribution in [0.3, 0.4) is 0 Å². The lowest BCUT2D eigenvalue weighted by Crippen LogP contribution is -2.41. The first-order valence-electron chi connectivity index (χ1n) is 11.7. The number of aliphatic hydroxyl groups is 1. The lowest BCUT2D eigenvalue weighted by molar-refractivity contribution is -0.133. The van der Waals surface area contributed by atoms with E-state index >= 15 is 0 Å². The molecule has 3 atom stereocenters. The van der Waals surface area contributed by atoms with E-state index in [0.717, 1.165) is 28.0 Å². The van der Waals surface area contributed by atoms with E-state index in [4.69, 9.17) is 9.57 Å². The number of amides is 1. The molecule has 3 aromatic carbocycles. The van der Waals surface area contributed by atoms with E-state index in [1.54, 1.807) is 12.1 Å². The van der Waals surface area contributed by atoms with Gasteiger partial charge in [-0.2, -0.15) is 0 Å². The van der Waals surface area contributed by atoms with Gasteiger partial charge in [-0.05, 0) is 47.4 Å². The van der Waals surface area contributed by atoms with Gasteiger partial charge >= 0.3 is 0 Å². The number of benzene rings is 3. The molecule has 0 bridgehead atoms. The SMILES string of the molecule is CCO[C@H](Cc1cccc(C2=NOC(c3ccc(F)cc3)C2)c1)C(=O)N[C@@H](CO)c1ccccc1. The largest absolute Gasteiger partial charge is 0.394 e. The smallest absolute Gasteiger partial charge is 0.250 e. The Morgan fingerprint density at radius 1 is 1.14 bits per heavy atom. The third-order valence-corrected chi connectivity index (χ3v) is 5.95. The summed E-state index contributed by atoms with van der Waals surface area (Å²) in [6.45, 7) is 2.02. The molecule has 6 nitrogen and oxygen atoms in total. The normalized spacial score (nSPS) is 16.8. The quantitative estimate of drug-likeness (QED) is 0.452. The van der Waals surface area contributed by atoms with E-state index in [1.165, 1.54) is 12.1 Å². The lowest BCUT2D eigenvalue weighted by atomic mass is 9.97. The molecule has 0 fully saturated rings. The van der Waals surface area contributed by atoms with Gasteiger partial charge in [0.2, 0.25) is 5.91 Å². The molecule has 0 saturated heterocycles. The molecular weight excluding hydrogens is 447 g/mol. The maximum Gasteiger partial charge on any atom is 0.250 e. The first kappa shape index (κ1) is 24.6. The highest BCUT2D eigenvalue weighted by atomic mass is 19.1. The summed E-state index contributed by atoms with van der Waals surface area (Å²) in [7, 11) is 0. The molecule has 4 rings (SSSR count). The molecule has 7 heteroatoms. The Morgan fingerprint density at radius 2 is 1.91 bits per heavy atom. The zero-order valence-electron chi connectivity index (χ0n) is 19.6. The third kappa shape index (κ3) is 6.32. The number of carbonyl (C=O) groups excluding carboxylic acids is 1. The summed E-state index contributed by atoms with van der Waals surface area (Å²) in [5.41, 5.74) is 4.31. The van der Waals surface area contributed by atoms with Crippen molar-refractivity contribution in [2.24, 2.45) is 5.16 Å². The topological polar surface area (TPSA) is 80.2 Å². The molecule has 0 radical (unpaired) electrons. The minimum atomic E-state index is -0.707. The number of rotatable bonds is 10. The highest BCUT2D eigenvalue weighted by Crippen LogP contribution is 2.30. The fourth-order valence-corrected chi connectivity index (χ4v) is 4.11. The van der Waals surface area contributed by atoms with Crippen molar-refractivity contribution in [2.45, 2.75) is 38.0 Å². The maximum absolute atomic E-state index is 13.2. The fourth-order valence-electron chi connectivity index (χ4n) is 4.11. The molecule has 1 aliphatic heterocycles. The van der Waals surface area contributed by atoms with Crippen LogP contribution in [0.25, 0.3) is 0 Å². The van der Waals surface area contributed by atoms with Crippen LogP contribution in [0.15, 0.2) is 84.0 Å². The van der Waals surface area contributed by atoms with Crippen LogP contribution in [0.2, 0.25) is 0 Å². The van der Waals surface area contributed by atoms with E-state index in [-0.39, 0.29) is 24.4 Å². The summed E-state index contributed by atoms with van der Waals surface area (Å²) in [4.78, 5) is 18.6. The number of aliphatic hydroxyl groups excluding tert-OH is 1. The second-order valence-electron chi connectivity index (χ2n) is 8.39. The van der Waals surface area contributed by atoms with Gasteiger partial charge in [-0.3, -0.25) is 4.79 Å². The Bertz CT molecular complexity index is 1150. The average molecular weight is 477 g/mol.